The summed E-state index contributed by atoms with van der Waals surface area (Å²) < 4.78 is 24.1. The number of non-ortho nitro benzene ring substituents is 1. The van der Waals surface area contributed by atoms with Gasteiger partial charge in [-0.25, -0.2) is 4.39 Å². The average molecular weight is 444 g/mol. The number of aliphatic hydroxyl groups is 1. The van der Waals surface area contributed by atoms with Crippen molar-refractivity contribution in [3.63, 3.8) is 0 Å². The number of nitro benzene ring substituents is 1. The number of halogens is 1. The summed E-state index contributed by atoms with van der Waals surface area (Å²) in [6.07, 6.45) is 0.421. The number of carbonyl (C=O) groups is 2. The standard InChI is InChI=1S/C22H21FN2O7/c1-31-11-3-10-24-19(13-4-7-15(8-5-13)25(29)30)18(21(27)22(24)28)20(26)14-6-9-17(32-2)16(23)12-14/h4-9,12,19,26H,3,10-11H2,1-2H3/t19-/m1/s1. The number of aliphatic hydroxyl groups excluding tert-OH is 1. The van der Waals surface area contributed by atoms with Gasteiger partial charge in [-0.15, -0.1) is 0 Å². The van der Waals surface area contributed by atoms with Gasteiger partial charge in [-0.05, 0) is 42.3 Å². The number of ether oxygens (including phenoxy) is 2. The molecule has 0 saturated carbocycles. The molecule has 0 aliphatic carbocycles. The van der Waals surface area contributed by atoms with Crippen molar-refractivity contribution in [2.24, 2.45) is 0 Å². The van der Waals surface area contributed by atoms with Crippen LogP contribution in [0, 0.1) is 15.9 Å². The normalized spacial score (nSPS) is 17.6. The minimum Gasteiger partial charge on any atom is -0.507 e. The largest absolute Gasteiger partial charge is 0.507 e. The highest BCUT2D eigenvalue weighted by atomic mass is 19.1. The lowest BCUT2D eigenvalue weighted by atomic mass is 9.95. The van der Waals surface area contributed by atoms with E-state index in [1.807, 2.05) is 0 Å². The van der Waals surface area contributed by atoms with Crippen molar-refractivity contribution in [3.8, 4) is 5.75 Å². The van der Waals surface area contributed by atoms with Crippen molar-refractivity contribution in [2.75, 3.05) is 27.4 Å². The van der Waals surface area contributed by atoms with Gasteiger partial charge < -0.3 is 19.5 Å². The van der Waals surface area contributed by atoms with Crippen LogP contribution in [-0.2, 0) is 14.3 Å². The van der Waals surface area contributed by atoms with Gasteiger partial charge in [-0.1, -0.05) is 0 Å². The lowest BCUT2D eigenvalue weighted by Crippen LogP contribution is -2.31. The van der Waals surface area contributed by atoms with Gasteiger partial charge in [0, 0.05) is 38.0 Å². The lowest BCUT2D eigenvalue weighted by molar-refractivity contribution is -0.384. The first-order valence-corrected chi connectivity index (χ1v) is 9.65. The summed E-state index contributed by atoms with van der Waals surface area (Å²) in [7, 11) is 2.79. The predicted octanol–water partition coefficient (Wildman–Crippen LogP) is 3.20. The van der Waals surface area contributed by atoms with Crippen molar-refractivity contribution < 1.29 is 33.5 Å². The van der Waals surface area contributed by atoms with E-state index in [-0.39, 0.29) is 29.1 Å². The Kier molecular flexibility index (Phi) is 6.84. The number of rotatable bonds is 8. The Morgan fingerprint density at radius 1 is 1.19 bits per heavy atom. The summed E-state index contributed by atoms with van der Waals surface area (Å²) in [6, 6.07) is 7.98. The molecule has 1 atom stereocenters. The fraction of sp³-hybridized carbons (Fsp3) is 0.273. The van der Waals surface area contributed by atoms with Crippen LogP contribution in [-0.4, -0.2) is 54.0 Å². The van der Waals surface area contributed by atoms with Crippen molar-refractivity contribution >= 4 is 23.1 Å². The molecule has 1 aliphatic rings. The first-order valence-electron chi connectivity index (χ1n) is 9.65. The van der Waals surface area contributed by atoms with Crippen LogP contribution in [0.25, 0.3) is 5.76 Å². The molecule has 1 N–H and O–H groups in total. The minimum atomic E-state index is -1.00. The van der Waals surface area contributed by atoms with Gasteiger partial charge in [0.1, 0.15) is 5.76 Å². The van der Waals surface area contributed by atoms with Gasteiger partial charge in [0.15, 0.2) is 11.6 Å². The maximum Gasteiger partial charge on any atom is 0.295 e. The first-order chi connectivity index (χ1) is 15.3. The molecule has 168 valence electrons. The van der Waals surface area contributed by atoms with E-state index < -0.39 is 34.2 Å². The molecule has 0 unspecified atom stereocenters. The van der Waals surface area contributed by atoms with E-state index >= 15 is 0 Å². The van der Waals surface area contributed by atoms with Crippen LogP contribution in [0.5, 0.6) is 5.75 Å². The average Bonchev–Trinajstić information content (AvgIpc) is 3.03. The van der Waals surface area contributed by atoms with Crippen LogP contribution in [0.1, 0.15) is 23.6 Å². The fourth-order valence-electron chi connectivity index (χ4n) is 3.58. The highest BCUT2D eigenvalue weighted by Gasteiger charge is 2.45. The second-order valence-electron chi connectivity index (χ2n) is 7.04. The molecular formula is C22H21FN2O7. The van der Waals surface area contributed by atoms with E-state index in [1.54, 1.807) is 0 Å². The summed E-state index contributed by atoms with van der Waals surface area (Å²) in [4.78, 5) is 37.3. The summed E-state index contributed by atoms with van der Waals surface area (Å²) >= 11 is 0. The number of hydrogen-bond acceptors (Lipinski definition) is 7. The summed E-state index contributed by atoms with van der Waals surface area (Å²) in [5, 5.41) is 21.9. The monoisotopic (exact) mass is 444 g/mol. The van der Waals surface area contributed by atoms with Gasteiger partial charge in [0.2, 0.25) is 0 Å². The van der Waals surface area contributed by atoms with Crippen LogP contribution in [0.3, 0.4) is 0 Å². The highest BCUT2D eigenvalue weighted by Crippen LogP contribution is 2.40. The molecule has 1 saturated heterocycles. The SMILES string of the molecule is COCCCN1C(=O)C(=O)C(=C(O)c2ccc(OC)c(F)c2)[C@H]1c1ccc([N+](=O)[O-])cc1. The Labute approximate surface area is 182 Å². The molecular weight excluding hydrogens is 423 g/mol. The Balaban J connectivity index is 2.13. The van der Waals surface area contributed by atoms with Gasteiger partial charge in [0.25, 0.3) is 17.4 Å². The van der Waals surface area contributed by atoms with Gasteiger partial charge in [-0.2, -0.15) is 0 Å². The van der Waals surface area contributed by atoms with Crippen molar-refractivity contribution in [2.45, 2.75) is 12.5 Å². The number of Topliss-reactive ketones (excluding diaryl/α,β-unsaturated/α-hetero) is 1. The van der Waals surface area contributed by atoms with Crippen LogP contribution in [0.15, 0.2) is 48.0 Å². The molecule has 1 fully saturated rings. The number of hydrogen-bond donors (Lipinski definition) is 1. The molecule has 3 rings (SSSR count). The third-order valence-corrected chi connectivity index (χ3v) is 5.13. The van der Waals surface area contributed by atoms with Gasteiger partial charge >= 0.3 is 0 Å². The summed E-state index contributed by atoms with van der Waals surface area (Å²) in [5.74, 6) is -3.12. The third kappa shape index (κ3) is 4.30. The van der Waals surface area contributed by atoms with Crippen LogP contribution < -0.4 is 4.74 Å². The highest BCUT2D eigenvalue weighted by molar-refractivity contribution is 6.46. The zero-order chi connectivity index (χ0) is 23.4. The third-order valence-electron chi connectivity index (χ3n) is 5.13. The smallest absolute Gasteiger partial charge is 0.295 e. The van der Waals surface area contributed by atoms with E-state index in [4.69, 9.17) is 9.47 Å². The van der Waals surface area contributed by atoms with Crippen molar-refractivity contribution in [1.29, 1.82) is 0 Å². The van der Waals surface area contributed by atoms with Crippen LogP contribution in [0.2, 0.25) is 0 Å². The number of carbonyl (C=O) groups excluding carboxylic acids is 2. The molecule has 0 spiro atoms. The zero-order valence-electron chi connectivity index (χ0n) is 17.4. The molecule has 2 aromatic carbocycles. The molecule has 1 aliphatic heterocycles. The van der Waals surface area contributed by atoms with E-state index in [0.717, 1.165) is 6.07 Å². The number of methoxy groups -OCH3 is 2. The van der Waals surface area contributed by atoms with Crippen LogP contribution in [0.4, 0.5) is 10.1 Å². The second kappa shape index (κ2) is 9.56. The second-order valence-corrected chi connectivity index (χ2v) is 7.04. The predicted molar refractivity (Wildman–Crippen MR) is 112 cm³/mol. The van der Waals surface area contributed by atoms with Gasteiger partial charge in [0.05, 0.1) is 23.6 Å². The Morgan fingerprint density at radius 2 is 1.88 bits per heavy atom. The molecule has 0 aromatic heterocycles. The number of nitrogens with zero attached hydrogens (tertiary/aromatic N) is 2. The zero-order valence-corrected chi connectivity index (χ0v) is 17.4. The van der Waals surface area contributed by atoms with Gasteiger partial charge in [-0.3, -0.25) is 19.7 Å². The molecule has 2 aromatic rings. The molecule has 1 amide bonds. The quantitative estimate of drug-likeness (QED) is 0.166. The number of likely N-dealkylation sites (tertiary alicyclic amines) is 1. The Hall–Kier alpha value is -3.79. The molecule has 9 nitrogen and oxygen atoms in total. The Morgan fingerprint density at radius 3 is 2.44 bits per heavy atom. The van der Waals surface area contributed by atoms with Crippen LogP contribution >= 0.6 is 0 Å². The summed E-state index contributed by atoms with van der Waals surface area (Å²) in [5.41, 5.74) is -0.0130. The first kappa shape index (κ1) is 22.9. The van der Waals surface area contributed by atoms with Crippen molar-refractivity contribution in [3.05, 3.63) is 75.1 Å². The molecule has 10 heteroatoms. The summed E-state index contributed by atoms with van der Waals surface area (Å²) in [6.45, 7) is 0.480. The number of ketones is 1. The number of benzene rings is 2. The molecule has 0 bridgehead atoms. The van der Waals surface area contributed by atoms with Crippen molar-refractivity contribution in [1.82, 2.24) is 4.90 Å². The topological polar surface area (TPSA) is 119 Å². The number of nitro groups is 1. The lowest BCUT2D eigenvalue weighted by Gasteiger charge is -2.25. The Bertz CT molecular complexity index is 1080. The minimum absolute atomic E-state index is 0.00916. The maximum atomic E-state index is 14.2. The molecule has 0 radical (unpaired) electrons. The van der Waals surface area contributed by atoms with E-state index in [2.05, 4.69) is 0 Å². The fourth-order valence-corrected chi connectivity index (χ4v) is 3.58. The van der Waals surface area contributed by atoms with E-state index in [1.165, 1.54) is 55.5 Å². The molecule has 32 heavy (non-hydrogen) atoms. The number of amides is 1. The maximum absolute atomic E-state index is 14.2. The molecule has 1 heterocycles. The van der Waals surface area contributed by atoms with E-state index in [0.29, 0.717) is 18.6 Å². The van der Waals surface area contributed by atoms with E-state index in [9.17, 15) is 29.2 Å².